The normalized spacial score (nSPS) is 38.2. The van der Waals surface area contributed by atoms with Crippen LogP contribution in [0.1, 0.15) is 59.3 Å². The Morgan fingerprint density at radius 1 is 1.25 bits per heavy atom. The summed E-state index contributed by atoms with van der Waals surface area (Å²) in [5, 5.41) is 3.64. The molecule has 0 bridgehead atoms. The van der Waals surface area contributed by atoms with Crippen LogP contribution in [0, 0.1) is 23.2 Å². The van der Waals surface area contributed by atoms with E-state index in [1.165, 1.54) is 51.6 Å². The first-order valence-electron chi connectivity index (χ1n) is 7.37. The molecule has 0 heterocycles. The summed E-state index contributed by atoms with van der Waals surface area (Å²) in [5.74, 6) is 2.87. The third kappa shape index (κ3) is 2.80. The van der Waals surface area contributed by atoms with Crippen LogP contribution in [0.5, 0.6) is 0 Å². The molecule has 1 spiro atoms. The fraction of sp³-hybridized carbons (Fsp3) is 1.00. The highest BCUT2D eigenvalue weighted by atomic mass is 14.9. The van der Waals surface area contributed by atoms with E-state index < -0.39 is 0 Å². The third-order valence-corrected chi connectivity index (χ3v) is 4.98. The topological polar surface area (TPSA) is 12.0 Å². The van der Waals surface area contributed by atoms with Crippen LogP contribution in [0.25, 0.3) is 0 Å². The van der Waals surface area contributed by atoms with Crippen LogP contribution in [0.2, 0.25) is 0 Å². The van der Waals surface area contributed by atoms with Gasteiger partial charge in [0.05, 0.1) is 0 Å². The van der Waals surface area contributed by atoms with Gasteiger partial charge in [-0.05, 0) is 68.4 Å². The predicted molar refractivity (Wildman–Crippen MR) is 70.5 cm³/mol. The molecule has 0 amide bonds. The maximum Gasteiger partial charge on any atom is -0.00149 e. The molecule has 94 valence electrons. The van der Waals surface area contributed by atoms with E-state index in [9.17, 15) is 0 Å². The number of nitrogens with one attached hydrogen (secondary N) is 1. The lowest BCUT2D eigenvalue weighted by atomic mass is 9.77. The van der Waals surface area contributed by atoms with Crippen LogP contribution < -0.4 is 5.32 Å². The zero-order valence-electron chi connectivity index (χ0n) is 11.4. The lowest BCUT2D eigenvalue weighted by Gasteiger charge is -2.29. The minimum atomic E-state index is 0.797. The van der Waals surface area contributed by atoms with Crippen molar-refractivity contribution in [3.8, 4) is 0 Å². The van der Waals surface area contributed by atoms with Crippen molar-refractivity contribution in [3.63, 3.8) is 0 Å². The standard InChI is InChI=1S/C15H29N/c1-4-13-5-7-15(8-6-13)9-14(15)11-16-10-12(2)3/h12-14,16H,4-11H2,1-3H3. The zero-order chi connectivity index (χ0) is 11.6. The molecule has 2 aliphatic rings. The van der Waals surface area contributed by atoms with Crippen molar-refractivity contribution in [2.75, 3.05) is 13.1 Å². The van der Waals surface area contributed by atoms with Gasteiger partial charge in [-0.1, -0.05) is 27.2 Å². The zero-order valence-corrected chi connectivity index (χ0v) is 11.4. The number of rotatable bonds is 5. The summed E-state index contributed by atoms with van der Waals surface area (Å²) in [6.45, 7) is 9.43. The summed E-state index contributed by atoms with van der Waals surface area (Å²) in [6, 6.07) is 0. The minimum absolute atomic E-state index is 0.797. The maximum atomic E-state index is 3.64. The van der Waals surface area contributed by atoms with Crippen LogP contribution >= 0.6 is 0 Å². The molecule has 16 heavy (non-hydrogen) atoms. The van der Waals surface area contributed by atoms with Gasteiger partial charge in [0.1, 0.15) is 0 Å². The molecule has 2 aliphatic carbocycles. The van der Waals surface area contributed by atoms with Gasteiger partial charge >= 0.3 is 0 Å². The van der Waals surface area contributed by atoms with E-state index in [4.69, 9.17) is 0 Å². The van der Waals surface area contributed by atoms with Gasteiger partial charge in [0, 0.05) is 0 Å². The summed E-state index contributed by atoms with van der Waals surface area (Å²) in [7, 11) is 0. The molecule has 0 aromatic heterocycles. The van der Waals surface area contributed by atoms with Crippen molar-refractivity contribution in [1.29, 1.82) is 0 Å². The van der Waals surface area contributed by atoms with E-state index in [2.05, 4.69) is 26.1 Å². The number of hydrogen-bond acceptors (Lipinski definition) is 1. The van der Waals surface area contributed by atoms with Gasteiger partial charge in [-0.15, -0.1) is 0 Å². The van der Waals surface area contributed by atoms with Gasteiger partial charge in [-0.25, -0.2) is 0 Å². The monoisotopic (exact) mass is 223 g/mol. The van der Waals surface area contributed by atoms with Crippen LogP contribution in [0.3, 0.4) is 0 Å². The fourth-order valence-corrected chi connectivity index (χ4v) is 3.54. The second-order valence-electron chi connectivity index (χ2n) is 6.67. The summed E-state index contributed by atoms with van der Waals surface area (Å²) in [5.41, 5.74) is 0.801. The quantitative estimate of drug-likeness (QED) is 0.747. The first-order chi connectivity index (χ1) is 7.66. The van der Waals surface area contributed by atoms with Crippen molar-refractivity contribution in [2.24, 2.45) is 23.2 Å². The predicted octanol–water partition coefficient (Wildman–Crippen LogP) is 3.84. The lowest BCUT2D eigenvalue weighted by Crippen LogP contribution is -2.25. The fourth-order valence-electron chi connectivity index (χ4n) is 3.54. The molecule has 2 saturated carbocycles. The van der Waals surface area contributed by atoms with Gasteiger partial charge in [0.15, 0.2) is 0 Å². The van der Waals surface area contributed by atoms with Crippen molar-refractivity contribution in [3.05, 3.63) is 0 Å². The Balaban J connectivity index is 1.66. The van der Waals surface area contributed by atoms with E-state index in [1.807, 2.05) is 0 Å². The highest BCUT2D eigenvalue weighted by Gasteiger charge is 2.53. The van der Waals surface area contributed by atoms with Gasteiger partial charge in [0.25, 0.3) is 0 Å². The Labute approximate surface area is 101 Å². The molecule has 1 N–H and O–H groups in total. The smallest absolute Gasteiger partial charge is 0.00149 e. The molecule has 2 rings (SSSR count). The first kappa shape index (κ1) is 12.4. The average molecular weight is 223 g/mol. The molecular formula is C15H29N. The molecule has 1 nitrogen and oxygen atoms in total. The van der Waals surface area contributed by atoms with Crippen molar-refractivity contribution >= 4 is 0 Å². The average Bonchev–Trinajstić information content (AvgIpc) is 2.92. The lowest BCUT2D eigenvalue weighted by molar-refractivity contribution is 0.232. The molecule has 2 fully saturated rings. The Bertz CT molecular complexity index is 213. The Hall–Kier alpha value is -0.0400. The highest BCUT2D eigenvalue weighted by molar-refractivity contribution is 5.04. The van der Waals surface area contributed by atoms with Crippen LogP contribution in [0.4, 0.5) is 0 Å². The largest absolute Gasteiger partial charge is 0.316 e. The third-order valence-electron chi connectivity index (χ3n) is 4.98. The minimum Gasteiger partial charge on any atom is -0.316 e. The van der Waals surface area contributed by atoms with E-state index in [1.54, 1.807) is 0 Å². The van der Waals surface area contributed by atoms with E-state index in [-0.39, 0.29) is 0 Å². The van der Waals surface area contributed by atoms with Crippen molar-refractivity contribution < 1.29 is 0 Å². The van der Waals surface area contributed by atoms with Gasteiger partial charge < -0.3 is 5.32 Å². The summed E-state index contributed by atoms with van der Waals surface area (Å²) in [6.07, 6.45) is 9.01. The second-order valence-corrected chi connectivity index (χ2v) is 6.67. The van der Waals surface area contributed by atoms with E-state index in [0.717, 1.165) is 23.2 Å². The molecular weight excluding hydrogens is 194 g/mol. The maximum absolute atomic E-state index is 3.64. The molecule has 0 aliphatic heterocycles. The molecule has 1 unspecified atom stereocenters. The van der Waals surface area contributed by atoms with Crippen molar-refractivity contribution in [2.45, 2.75) is 59.3 Å². The second kappa shape index (κ2) is 5.08. The van der Waals surface area contributed by atoms with Crippen molar-refractivity contribution in [1.82, 2.24) is 5.32 Å². The number of hydrogen-bond donors (Lipinski definition) is 1. The van der Waals surface area contributed by atoms with Crippen LogP contribution in [-0.2, 0) is 0 Å². The van der Waals surface area contributed by atoms with Gasteiger partial charge in [-0.2, -0.15) is 0 Å². The molecule has 0 aromatic carbocycles. The Kier molecular flexibility index (Phi) is 3.94. The highest BCUT2D eigenvalue weighted by Crippen LogP contribution is 2.62. The van der Waals surface area contributed by atoms with Gasteiger partial charge in [-0.3, -0.25) is 0 Å². The Morgan fingerprint density at radius 2 is 1.94 bits per heavy atom. The molecule has 1 atom stereocenters. The summed E-state index contributed by atoms with van der Waals surface area (Å²) in [4.78, 5) is 0. The van der Waals surface area contributed by atoms with Crippen LogP contribution in [-0.4, -0.2) is 13.1 Å². The Morgan fingerprint density at radius 3 is 2.50 bits per heavy atom. The first-order valence-corrected chi connectivity index (χ1v) is 7.37. The van der Waals surface area contributed by atoms with Crippen LogP contribution in [0.15, 0.2) is 0 Å². The summed E-state index contributed by atoms with van der Waals surface area (Å²) < 4.78 is 0. The SMILES string of the molecule is CCC1CCC2(CC1)CC2CNCC(C)C. The molecule has 0 aromatic rings. The van der Waals surface area contributed by atoms with E-state index >= 15 is 0 Å². The van der Waals surface area contributed by atoms with E-state index in [0.29, 0.717) is 0 Å². The summed E-state index contributed by atoms with van der Waals surface area (Å²) >= 11 is 0. The molecule has 1 heteroatoms. The molecule has 0 saturated heterocycles. The molecule has 0 radical (unpaired) electrons. The van der Waals surface area contributed by atoms with Gasteiger partial charge in [0.2, 0.25) is 0 Å².